The van der Waals surface area contributed by atoms with Crippen molar-refractivity contribution in [1.82, 2.24) is 34.7 Å². The summed E-state index contributed by atoms with van der Waals surface area (Å²) in [4.78, 5) is 35.0. The Kier molecular flexibility index (Phi) is 6.07. The van der Waals surface area contributed by atoms with Gasteiger partial charge in [0.05, 0.1) is 40.7 Å². The number of anilines is 1. The van der Waals surface area contributed by atoms with Crippen molar-refractivity contribution < 1.29 is 9.18 Å². The predicted molar refractivity (Wildman–Crippen MR) is 153 cm³/mol. The van der Waals surface area contributed by atoms with Crippen LogP contribution < -0.4 is 5.32 Å². The number of halogens is 1. The fourth-order valence-electron chi connectivity index (χ4n) is 5.47. The van der Waals surface area contributed by atoms with Crippen LogP contribution >= 0.6 is 11.3 Å². The number of imidazole rings is 1. The molecule has 11 heteroatoms. The number of pyridine rings is 3. The number of aromatic amines is 1. The van der Waals surface area contributed by atoms with E-state index >= 15 is 4.39 Å². The molecule has 0 bridgehead atoms. The van der Waals surface area contributed by atoms with Crippen LogP contribution in [0.1, 0.15) is 32.1 Å². The molecule has 7 rings (SSSR count). The number of nitrogens with zero attached hydrogens (tertiary/aromatic N) is 6. The zero-order chi connectivity index (χ0) is 27.2. The predicted octanol–water partition coefficient (Wildman–Crippen LogP) is 6.36. The zero-order valence-corrected chi connectivity index (χ0v) is 22.5. The van der Waals surface area contributed by atoms with Crippen molar-refractivity contribution in [3.63, 3.8) is 0 Å². The molecule has 200 valence electrons. The Morgan fingerprint density at radius 1 is 1.10 bits per heavy atom. The summed E-state index contributed by atoms with van der Waals surface area (Å²) in [5.74, 6) is -0.108. The van der Waals surface area contributed by atoms with Gasteiger partial charge in [-0.3, -0.25) is 24.4 Å². The molecule has 1 fully saturated rings. The van der Waals surface area contributed by atoms with Gasteiger partial charge in [-0.15, -0.1) is 11.3 Å². The van der Waals surface area contributed by atoms with Crippen LogP contribution in [0.25, 0.3) is 55.2 Å². The maximum Gasteiger partial charge on any atom is 0.227 e. The van der Waals surface area contributed by atoms with Gasteiger partial charge in [0.25, 0.3) is 0 Å². The number of carbonyl (C=O) groups is 1. The average molecular weight is 553 g/mol. The second-order valence-corrected chi connectivity index (χ2v) is 11.0. The summed E-state index contributed by atoms with van der Waals surface area (Å²) in [6.45, 7) is 0. The molecule has 1 amide bonds. The number of aryl methyl sites for hydroxylation is 1. The van der Waals surface area contributed by atoms with Crippen LogP contribution in [0.3, 0.4) is 0 Å². The monoisotopic (exact) mass is 552 g/mol. The number of carbonyl (C=O) groups excluding carboxylic acids is 1. The van der Waals surface area contributed by atoms with Gasteiger partial charge < -0.3 is 10.3 Å². The van der Waals surface area contributed by atoms with Crippen molar-refractivity contribution >= 4 is 44.9 Å². The lowest BCUT2D eigenvalue weighted by Gasteiger charge is -2.20. The van der Waals surface area contributed by atoms with E-state index in [2.05, 4.69) is 30.4 Å². The Hall–Kier alpha value is -4.51. The highest BCUT2D eigenvalue weighted by molar-refractivity contribution is 7.13. The summed E-state index contributed by atoms with van der Waals surface area (Å²) < 4.78 is 17.9. The van der Waals surface area contributed by atoms with Gasteiger partial charge in [-0.05, 0) is 30.4 Å². The lowest BCUT2D eigenvalue weighted by Crippen LogP contribution is -2.24. The first kappa shape index (κ1) is 24.5. The van der Waals surface area contributed by atoms with Gasteiger partial charge in [-0.25, -0.2) is 9.37 Å². The lowest BCUT2D eigenvalue weighted by atomic mass is 9.88. The molecule has 40 heavy (non-hydrogen) atoms. The van der Waals surface area contributed by atoms with E-state index in [1.807, 2.05) is 17.5 Å². The largest absolute Gasteiger partial charge is 0.335 e. The summed E-state index contributed by atoms with van der Waals surface area (Å²) in [6, 6.07) is 5.71. The topological polar surface area (TPSA) is 114 Å². The molecular formula is C29H25FN8OS. The molecule has 0 spiro atoms. The fourth-order valence-corrected chi connectivity index (χ4v) is 6.21. The molecule has 9 nitrogen and oxygen atoms in total. The van der Waals surface area contributed by atoms with Crippen molar-refractivity contribution in [2.45, 2.75) is 32.1 Å². The van der Waals surface area contributed by atoms with Crippen molar-refractivity contribution in [3.05, 3.63) is 60.4 Å². The number of nitrogens with one attached hydrogen (secondary N) is 2. The highest BCUT2D eigenvalue weighted by Gasteiger charge is 2.24. The number of amides is 1. The number of hydrogen-bond donors (Lipinski definition) is 2. The standard InChI is InChI=1S/C29H25FN8OS/c1-38-21-15-33-25(17-10-18(12-31-11-17)34-29(39)16-6-3-2-4-7-16)24(30)23(21)27(37-38)28-35-20-14-32-13-19(26(20)36-28)22-8-5-9-40-22/h5,8-16H,2-4,6-7H2,1H3,(H,34,39)(H,35,36). The molecule has 1 aliphatic rings. The van der Waals surface area contributed by atoms with Gasteiger partial charge in [-0.2, -0.15) is 5.10 Å². The Balaban J connectivity index is 1.29. The summed E-state index contributed by atoms with van der Waals surface area (Å²) in [5, 5.41) is 9.87. The third-order valence-electron chi connectivity index (χ3n) is 7.50. The van der Waals surface area contributed by atoms with Gasteiger partial charge in [0.15, 0.2) is 11.6 Å². The van der Waals surface area contributed by atoms with E-state index in [4.69, 9.17) is 4.98 Å². The summed E-state index contributed by atoms with van der Waals surface area (Å²) in [6.07, 6.45) is 13.3. The van der Waals surface area contributed by atoms with Gasteiger partial charge in [0.1, 0.15) is 16.9 Å². The van der Waals surface area contributed by atoms with E-state index in [0.29, 0.717) is 33.7 Å². The molecule has 2 N–H and O–H groups in total. The number of hydrogen-bond acceptors (Lipinski definition) is 7. The number of rotatable bonds is 5. The molecule has 1 aliphatic carbocycles. The van der Waals surface area contributed by atoms with Crippen LogP contribution in [0.4, 0.5) is 10.1 Å². The zero-order valence-electron chi connectivity index (χ0n) is 21.7. The van der Waals surface area contributed by atoms with Crippen LogP contribution in [-0.2, 0) is 11.8 Å². The molecule has 6 heterocycles. The smallest absolute Gasteiger partial charge is 0.227 e. The SMILES string of the molecule is Cn1nc(-c2nc3c(-c4cccs4)cncc3[nH]2)c2c(F)c(-c3cncc(NC(=O)C4CCCCC4)c3)ncc21. The second-order valence-electron chi connectivity index (χ2n) is 10.1. The Morgan fingerprint density at radius 2 is 1.95 bits per heavy atom. The Morgan fingerprint density at radius 3 is 2.77 bits per heavy atom. The summed E-state index contributed by atoms with van der Waals surface area (Å²) in [5.41, 5.74) is 4.39. The van der Waals surface area contributed by atoms with Crippen LogP contribution in [0, 0.1) is 11.7 Å². The van der Waals surface area contributed by atoms with Crippen molar-refractivity contribution in [1.29, 1.82) is 0 Å². The van der Waals surface area contributed by atoms with E-state index < -0.39 is 5.82 Å². The maximum atomic E-state index is 16.3. The van der Waals surface area contributed by atoms with E-state index in [0.717, 1.165) is 47.2 Å². The molecule has 0 saturated heterocycles. The molecule has 0 aliphatic heterocycles. The van der Waals surface area contributed by atoms with Gasteiger partial charge >= 0.3 is 0 Å². The maximum absolute atomic E-state index is 16.3. The molecule has 0 unspecified atom stereocenters. The van der Waals surface area contributed by atoms with Crippen molar-refractivity contribution in [2.24, 2.45) is 13.0 Å². The van der Waals surface area contributed by atoms with Gasteiger partial charge in [0, 0.05) is 41.4 Å². The summed E-state index contributed by atoms with van der Waals surface area (Å²) >= 11 is 1.60. The molecule has 6 aromatic heterocycles. The summed E-state index contributed by atoms with van der Waals surface area (Å²) in [7, 11) is 1.75. The third kappa shape index (κ3) is 4.22. The Bertz CT molecular complexity index is 1870. The number of fused-ring (bicyclic) bond motifs is 2. The normalized spacial score (nSPS) is 14.2. The van der Waals surface area contributed by atoms with Crippen LogP contribution in [0.15, 0.2) is 54.6 Å². The molecule has 0 radical (unpaired) electrons. The van der Waals surface area contributed by atoms with Crippen LogP contribution in [-0.4, -0.2) is 40.6 Å². The first-order valence-corrected chi connectivity index (χ1v) is 14.1. The second kappa shape index (κ2) is 9.91. The molecule has 1 saturated carbocycles. The third-order valence-corrected chi connectivity index (χ3v) is 8.40. The number of aromatic nitrogens is 7. The quantitative estimate of drug-likeness (QED) is 0.257. The van der Waals surface area contributed by atoms with E-state index in [-0.39, 0.29) is 17.5 Å². The fraction of sp³-hybridized carbons (Fsp3) is 0.241. The minimum atomic E-state index is -0.532. The highest BCUT2D eigenvalue weighted by atomic mass is 32.1. The van der Waals surface area contributed by atoms with E-state index in [1.165, 1.54) is 6.42 Å². The molecular weight excluding hydrogens is 527 g/mol. The van der Waals surface area contributed by atoms with Gasteiger partial charge in [0.2, 0.25) is 5.91 Å². The molecule has 0 atom stereocenters. The highest BCUT2D eigenvalue weighted by Crippen LogP contribution is 2.36. The number of H-pyrrole nitrogens is 1. The van der Waals surface area contributed by atoms with Crippen LogP contribution in [0.2, 0.25) is 0 Å². The first-order valence-electron chi connectivity index (χ1n) is 13.2. The Labute approximate surface area is 232 Å². The first-order chi connectivity index (χ1) is 19.6. The minimum Gasteiger partial charge on any atom is -0.335 e. The van der Waals surface area contributed by atoms with E-state index in [9.17, 15) is 4.79 Å². The lowest BCUT2D eigenvalue weighted by molar-refractivity contribution is -0.120. The van der Waals surface area contributed by atoms with Gasteiger partial charge in [-0.1, -0.05) is 25.3 Å². The van der Waals surface area contributed by atoms with E-state index in [1.54, 1.807) is 60.1 Å². The average Bonchev–Trinajstić information content (AvgIpc) is 3.73. The minimum absolute atomic E-state index is 0.000843. The number of thiophene rings is 1. The van der Waals surface area contributed by atoms with Crippen molar-refractivity contribution in [3.8, 4) is 33.2 Å². The van der Waals surface area contributed by atoms with Crippen LogP contribution in [0.5, 0.6) is 0 Å². The van der Waals surface area contributed by atoms with Crippen molar-refractivity contribution in [2.75, 3.05) is 5.32 Å². The molecule has 0 aromatic carbocycles. The molecule has 6 aromatic rings.